The molecule has 0 spiro atoms. The lowest BCUT2D eigenvalue weighted by Crippen LogP contribution is -2.40. The first kappa shape index (κ1) is 43.3. The highest BCUT2D eigenvalue weighted by Gasteiger charge is 2.27. The number of nitriles is 2. The molecule has 0 aliphatic heterocycles. The minimum absolute atomic E-state index is 0.218. The number of aromatic nitrogens is 2. The maximum Gasteiger partial charge on any atom is 0.247 e. The number of nitrogens with one attached hydrogen (secondary N) is 1. The number of rotatable bonds is 12. The number of carbonyl (C=O) groups excluding carboxylic acids is 2. The Morgan fingerprint density at radius 3 is 1.77 bits per heavy atom. The van der Waals surface area contributed by atoms with Crippen molar-refractivity contribution < 1.29 is 24.2 Å². The predicted octanol–water partition coefficient (Wildman–Crippen LogP) is 8.44. The van der Waals surface area contributed by atoms with Crippen LogP contribution in [0.5, 0.6) is 0 Å². The molecule has 0 aliphatic rings. The molecule has 3 N–H and O–H groups in total. The van der Waals surface area contributed by atoms with Crippen molar-refractivity contribution >= 4 is 46.3 Å². The second kappa shape index (κ2) is 20.0. The first-order valence-electron chi connectivity index (χ1n) is 17.5. The Morgan fingerprint density at radius 2 is 1.30 bits per heavy atom. The van der Waals surface area contributed by atoms with Crippen LogP contribution in [-0.2, 0) is 17.6 Å². The Bertz CT molecular complexity index is 2420. The Labute approximate surface area is 340 Å². The summed E-state index contributed by atoms with van der Waals surface area (Å²) in [6.45, 7) is 20.8. The quantitative estimate of drug-likeness (QED) is 0.0824. The topological polar surface area (TPSA) is 182 Å². The molecule has 14 heteroatoms. The Morgan fingerprint density at radius 1 is 0.789 bits per heavy atom. The lowest BCUT2D eigenvalue weighted by atomic mass is 9.91. The van der Waals surface area contributed by atoms with Crippen LogP contribution < -0.4 is 5.32 Å². The molecule has 0 aliphatic carbocycles. The molecular formula is C43H37Cl2N7O5. The first-order valence-corrected chi connectivity index (χ1v) is 18.3. The summed E-state index contributed by atoms with van der Waals surface area (Å²) in [4.78, 5) is 31.6. The summed E-state index contributed by atoms with van der Waals surface area (Å²) in [6.07, 6.45) is -1.01. The van der Waals surface area contributed by atoms with E-state index in [9.17, 15) is 19.8 Å². The monoisotopic (exact) mass is 801 g/mol. The molecule has 1 aromatic heterocycles. The van der Waals surface area contributed by atoms with Gasteiger partial charge in [-0.25, -0.2) is 9.69 Å². The van der Waals surface area contributed by atoms with Gasteiger partial charge in [0, 0.05) is 11.1 Å². The number of ketones is 1. The van der Waals surface area contributed by atoms with Crippen molar-refractivity contribution in [2.75, 3.05) is 6.54 Å². The summed E-state index contributed by atoms with van der Waals surface area (Å²) in [5.41, 5.74) is 5.94. The van der Waals surface area contributed by atoms with Crippen molar-refractivity contribution in [3.8, 4) is 23.6 Å². The van der Waals surface area contributed by atoms with Gasteiger partial charge in [0.2, 0.25) is 29.1 Å². The molecule has 57 heavy (non-hydrogen) atoms. The molecule has 0 saturated heterocycles. The highest BCUT2D eigenvalue weighted by molar-refractivity contribution is 6.34. The number of aliphatic hydroxyl groups is 2. The predicted molar refractivity (Wildman–Crippen MR) is 215 cm³/mol. The summed E-state index contributed by atoms with van der Waals surface area (Å²) >= 11 is 12.5. The van der Waals surface area contributed by atoms with Gasteiger partial charge in [-0.1, -0.05) is 59.6 Å². The van der Waals surface area contributed by atoms with Crippen LogP contribution in [0.2, 0.25) is 10.0 Å². The third kappa shape index (κ3) is 10.9. The molecule has 0 saturated carbocycles. The maximum absolute atomic E-state index is 12.6. The van der Waals surface area contributed by atoms with E-state index >= 15 is 0 Å². The van der Waals surface area contributed by atoms with Crippen molar-refractivity contribution in [2.24, 2.45) is 5.92 Å². The number of carbonyl (C=O) groups is 2. The summed E-state index contributed by atoms with van der Waals surface area (Å²) in [7, 11) is 0. The van der Waals surface area contributed by atoms with Gasteiger partial charge < -0.3 is 19.9 Å². The van der Waals surface area contributed by atoms with E-state index in [0.29, 0.717) is 67.4 Å². The second-order valence-corrected chi connectivity index (χ2v) is 13.9. The van der Waals surface area contributed by atoms with Crippen LogP contribution in [0.3, 0.4) is 0 Å². The lowest BCUT2D eigenvalue weighted by Gasteiger charge is -2.21. The molecule has 0 bridgehead atoms. The standard InChI is InChI=1S/C22H20ClN3O3.C21H17ClN4O2/c1-13-17(8-9-19(25-3)21(13)23)10-18(14(2)27)22(29)26-12-20(28)16-6-4-15(11-24)5-7-16;1-12-16(8-9-18(24-3)19(12)22)10-17(13(2)27)21-26-25-20(28-21)15-6-4-14(11-23)5-7-15/h4-9,14,18,27H,10,12H2,1-2H3,(H,26,29);4-9,13,17,27H,10H2,1-2H3/t14-,18-;13-,17-/m11/s1. The van der Waals surface area contributed by atoms with Gasteiger partial charge in [0.15, 0.2) is 5.78 Å². The van der Waals surface area contributed by atoms with E-state index in [0.717, 1.165) is 16.7 Å². The molecule has 5 aromatic rings. The molecule has 288 valence electrons. The van der Waals surface area contributed by atoms with Crippen LogP contribution in [0.15, 0.2) is 77.2 Å². The second-order valence-electron chi connectivity index (χ2n) is 13.2. The van der Waals surface area contributed by atoms with Crippen LogP contribution in [0, 0.1) is 55.6 Å². The van der Waals surface area contributed by atoms with Crippen molar-refractivity contribution in [3.05, 3.63) is 151 Å². The van der Waals surface area contributed by atoms with Crippen LogP contribution >= 0.6 is 23.2 Å². The molecule has 1 amide bonds. The highest BCUT2D eigenvalue weighted by Crippen LogP contribution is 2.35. The van der Waals surface area contributed by atoms with Gasteiger partial charge in [0.25, 0.3) is 0 Å². The number of Topliss-reactive ketones (excluding diaryl/α,β-unsaturated/α-hetero) is 1. The van der Waals surface area contributed by atoms with E-state index in [1.165, 1.54) is 31.2 Å². The third-order valence-corrected chi connectivity index (χ3v) is 10.3. The Balaban J connectivity index is 0.000000253. The average Bonchev–Trinajstić information content (AvgIpc) is 3.71. The van der Waals surface area contributed by atoms with E-state index in [1.54, 1.807) is 56.3 Å². The first-order chi connectivity index (χ1) is 27.2. The average molecular weight is 803 g/mol. The van der Waals surface area contributed by atoms with Crippen molar-refractivity contribution in [3.63, 3.8) is 0 Å². The minimum atomic E-state index is -0.946. The van der Waals surface area contributed by atoms with Gasteiger partial charge in [0.1, 0.15) is 0 Å². The smallest absolute Gasteiger partial charge is 0.247 e. The molecule has 0 fully saturated rings. The zero-order valence-electron chi connectivity index (χ0n) is 31.4. The van der Waals surface area contributed by atoms with E-state index in [1.807, 2.05) is 19.1 Å². The SMILES string of the molecule is [C-]#[N+]c1ccc(C[C@@H](C(=O)NCC(=O)c2ccc(C#N)cc2)[C@@H](C)O)c(C)c1Cl.[C-]#[N+]c1ccc(C[C@@H](c2nnc(-c3ccc(C#N)cc3)o2)[C@@H](C)O)c(C)c1Cl. The summed E-state index contributed by atoms with van der Waals surface area (Å²) in [6, 6.07) is 23.8. The number of benzene rings is 4. The number of hydrogen-bond acceptors (Lipinski definition) is 9. The van der Waals surface area contributed by atoms with Gasteiger partial charge in [0.05, 0.1) is 77.0 Å². The van der Waals surface area contributed by atoms with E-state index in [-0.39, 0.29) is 18.7 Å². The molecule has 12 nitrogen and oxygen atoms in total. The van der Waals surface area contributed by atoms with Crippen molar-refractivity contribution in [2.45, 2.75) is 58.7 Å². The van der Waals surface area contributed by atoms with Gasteiger partial charge >= 0.3 is 0 Å². The molecule has 0 unspecified atom stereocenters. The van der Waals surface area contributed by atoms with Crippen LogP contribution in [0.25, 0.3) is 21.1 Å². The minimum Gasteiger partial charge on any atom is -0.420 e. The van der Waals surface area contributed by atoms with Gasteiger partial charge in [-0.3, -0.25) is 9.59 Å². The van der Waals surface area contributed by atoms with Crippen molar-refractivity contribution in [1.82, 2.24) is 15.5 Å². The van der Waals surface area contributed by atoms with Crippen LogP contribution in [-0.4, -0.2) is 50.9 Å². The lowest BCUT2D eigenvalue weighted by molar-refractivity contribution is -0.127. The van der Waals surface area contributed by atoms with E-state index in [2.05, 4.69) is 31.3 Å². The summed E-state index contributed by atoms with van der Waals surface area (Å²) in [5.74, 6) is -1.31. The van der Waals surface area contributed by atoms with Crippen LogP contribution in [0.4, 0.5) is 11.4 Å². The van der Waals surface area contributed by atoms with Crippen LogP contribution in [0.1, 0.15) is 69.4 Å². The largest absolute Gasteiger partial charge is 0.420 e. The maximum atomic E-state index is 12.6. The third-order valence-electron chi connectivity index (χ3n) is 9.36. The molecule has 1 heterocycles. The van der Waals surface area contributed by atoms with Gasteiger partial charge in [-0.15, -0.1) is 10.2 Å². The number of halogens is 2. The zero-order valence-corrected chi connectivity index (χ0v) is 32.9. The molecule has 4 atom stereocenters. The fourth-order valence-corrected chi connectivity index (χ4v) is 6.23. The Kier molecular flexibility index (Phi) is 15.2. The molecule has 5 rings (SSSR count). The van der Waals surface area contributed by atoms with Gasteiger partial charge in [-0.05, 0) is 99.2 Å². The fraction of sp³-hybridized carbons (Fsp3) is 0.256. The number of amides is 1. The number of aliphatic hydroxyl groups excluding tert-OH is 2. The summed E-state index contributed by atoms with van der Waals surface area (Å²) in [5, 5.41) is 49.6. The summed E-state index contributed by atoms with van der Waals surface area (Å²) < 4.78 is 5.81. The van der Waals surface area contributed by atoms with Gasteiger partial charge in [-0.2, -0.15) is 10.5 Å². The normalized spacial score (nSPS) is 12.6. The highest BCUT2D eigenvalue weighted by atomic mass is 35.5. The zero-order chi connectivity index (χ0) is 41.8. The molecule has 4 aromatic carbocycles. The fourth-order valence-electron chi connectivity index (χ4n) is 5.78. The van der Waals surface area contributed by atoms with Crippen molar-refractivity contribution in [1.29, 1.82) is 10.5 Å². The Hall–Kier alpha value is -6.38. The van der Waals surface area contributed by atoms with E-state index in [4.69, 9.17) is 51.3 Å². The van der Waals surface area contributed by atoms with E-state index < -0.39 is 30.0 Å². The number of hydrogen-bond donors (Lipinski definition) is 3. The molecular weight excluding hydrogens is 765 g/mol. The molecule has 0 radical (unpaired) electrons. The number of nitrogens with zero attached hydrogens (tertiary/aromatic N) is 6.